The number of carbonyl (C=O) groups excluding carboxylic acids is 2. The molecule has 4 heterocycles. The van der Waals surface area contributed by atoms with Gasteiger partial charge in [-0.05, 0) is 59.9 Å². The lowest BCUT2D eigenvalue weighted by atomic mass is 10.1. The Morgan fingerprint density at radius 1 is 1.18 bits per heavy atom. The number of alkyl carbamates (subject to hydrolysis) is 1. The number of anilines is 1. The molecule has 0 spiro atoms. The van der Waals surface area contributed by atoms with E-state index in [9.17, 15) is 9.59 Å². The first-order valence-corrected chi connectivity index (χ1v) is 14.0. The highest BCUT2D eigenvalue weighted by Crippen LogP contribution is 2.40. The number of amides is 2. The summed E-state index contributed by atoms with van der Waals surface area (Å²) in [6, 6.07) is 5.03. The third-order valence-corrected chi connectivity index (χ3v) is 6.46. The number of oxazole rings is 1. The maximum atomic E-state index is 13.5. The zero-order valence-electron chi connectivity index (χ0n) is 23.5. The average molecular weight is 589 g/mol. The largest absolute Gasteiger partial charge is 0.456 e. The van der Waals surface area contributed by atoms with E-state index in [-0.39, 0.29) is 24.2 Å². The Labute approximate surface area is 241 Å². The highest BCUT2D eigenvalue weighted by Gasteiger charge is 2.31. The van der Waals surface area contributed by atoms with Crippen LogP contribution in [0.1, 0.15) is 59.1 Å². The second kappa shape index (κ2) is 11.5. The van der Waals surface area contributed by atoms with Crippen LogP contribution in [0.3, 0.4) is 0 Å². The van der Waals surface area contributed by atoms with Crippen molar-refractivity contribution in [1.29, 1.82) is 0 Å². The van der Waals surface area contributed by atoms with Crippen molar-refractivity contribution in [3.8, 4) is 11.3 Å². The molecule has 214 valence electrons. The van der Waals surface area contributed by atoms with Gasteiger partial charge < -0.3 is 23.6 Å². The molecule has 4 aromatic heterocycles. The van der Waals surface area contributed by atoms with E-state index in [1.807, 2.05) is 24.4 Å². The average Bonchev–Trinajstić information content (AvgIpc) is 3.55. The Bertz CT molecular complexity index is 1470. The van der Waals surface area contributed by atoms with Gasteiger partial charge in [-0.25, -0.2) is 19.6 Å². The molecule has 2 amide bonds. The molecule has 4 aromatic rings. The third kappa shape index (κ3) is 7.33. The van der Waals surface area contributed by atoms with Crippen LogP contribution in [0.25, 0.3) is 22.4 Å². The van der Waals surface area contributed by atoms with E-state index in [1.54, 1.807) is 47.6 Å². The van der Waals surface area contributed by atoms with Gasteiger partial charge in [-0.2, -0.15) is 0 Å². The summed E-state index contributed by atoms with van der Waals surface area (Å²) in [6.07, 6.45) is 1.93. The Kier molecular flexibility index (Phi) is 8.46. The van der Waals surface area contributed by atoms with E-state index in [1.165, 1.54) is 28.9 Å². The molecular weight excluding hydrogens is 556 g/mol. The van der Waals surface area contributed by atoms with Crippen molar-refractivity contribution in [2.45, 2.75) is 78.7 Å². The molecule has 0 fully saturated rings. The second-order valence-electron chi connectivity index (χ2n) is 11.3. The summed E-state index contributed by atoms with van der Waals surface area (Å²) >= 11 is 8.03. The number of pyridine rings is 1. The van der Waals surface area contributed by atoms with E-state index >= 15 is 0 Å². The van der Waals surface area contributed by atoms with Crippen molar-refractivity contribution < 1.29 is 27.9 Å². The lowest BCUT2D eigenvalue weighted by molar-refractivity contribution is 0.0505. The number of fused-ring (bicyclic) bond motifs is 1. The molecule has 1 unspecified atom stereocenters. The fourth-order valence-electron chi connectivity index (χ4n) is 3.97. The zero-order chi connectivity index (χ0) is 29.2. The molecule has 0 aliphatic rings. The van der Waals surface area contributed by atoms with Crippen molar-refractivity contribution in [1.82, 2.24) is 15.3 Å². The molecule has 0 radical (unpaired) electrons. The number of hydrogen-bond donors (Lipinski definition) is 1. The SMILES string of the molecule is CC(Cc1oc2c(N(Cc3cccs3)C(=O)OC(C)(C)C)cc(Cl)nc2c1-c1cocn1)NC(=O)OC(C)(C)C. The first kappa shape index (κ1) is 29.4. The summed E-state index contributed by atoms with van der Waals surface area (Å²) in [6.45, 7) is 12.8. The first-order valence-electron chi connectivity index (χ1n) is 12.7. The number of carbonyl (C=O) groups is 2. The van der Waals surface area contributed by atoms with Gasteiger partial charge >= 0.3 is 12.2 Å². The summed E-state index contributed by atoms with van der Waals surface area (Å²) in [5.74, 6) is 0.476. The number of rotatable bonds is 7. The fraction of sp³-hybridized carbons (Fsp3) is 0.429. The normalized spacial score (nSPS) is 12.8. The van der Waals surface area contributed by atoms with Crippen LogP contribution in [0.2, 0.25) is 5.15 Å². The van der Waals surface area contributed by atoms with Gasteiger partial charge in [0.15, 0.2) is 12.0 Å². The molecule has 0 saturated heterocycles. The number of halogens is 1. The number of aromatic nitrogens is 2. The summed E-state index contributed by atoms with van der Waals surface area (Å²) in [7, 11) is 0. The van der Waals surface area contributed by atoms with Gasteiger partial charge in [-0.3, -0.25) is 4.90 Å². The molecule has 1 atom stereocenters. The van der Waals surface area contributed by atoms with E-state index in [2.05, 4.69) is 15.3 Å². The van der Waals surface area contributed by atoms with Crippen LogP contribution < -0.4 is 10.2 Å². The van der Waals surface area contributed by atoms with Gasteiger partial charge in [0.2, 0.25) is 0 Å². The van der Waals surface area contributed by atoms with Crippen molar-refractivity contribution in [3.05, 3.63) is 52.0 Å². The van der Waals surface area contributed by atoms with Crippen molar-refractivity contribution >= 4 is 51.9 Å². The van der Waals surface area contributed by atoms with E-state index in [0.29, 0.717) is 33.8 Å². The van der Waals surface area contributed by atoms with E-state index < -0.39 is 23.4 Å². The summed E-state index contributed by atoms with van der Waals surface area (Å²) < 4.78 is 22.8. The number of furan rings is 1. The van der Waals surface area contributed by atoms with Crippen LogP contribution in [0, 0.1) is 0 Å². The third-order valence-electron chi connectivity index (χ3n) is 5.40. The number of nitrogens with one attached hydrogen (secondary N) is 1. The number of hydrogen-bond acceptors (Lipinski definition) is 9. The Morgan fingerprint density at radius 2 is 1.90 bits per heavy atom. The van der Waals surface area contributed by atoms with E-state index in [0.717, 1.165) is 4.88 Å². The molecule has 4 rings (SSSR count). The predicted molar refractivity (Wildman–Crippen MR) is 154 cm³/mol. The summed E-state index contributed by atoms with van der Waals surface area (Å²) in [4.78, 5) is 37.2. The van der Waals surface area contributed by atoms with Crippen LogP contribution in [0.5, 0.6) is 0 Å². The Hall–Kier alpha value is -3.57. The van der Waals surface area contributed by atoms with Crippen LogP contribution in [0.4, 0.5) is 15.3 Å². The molecule has 1 N–H and O–H groups in total. The van der Waals surface area contributed by atoms with Crippen LogP contribution in [-0.2, 0) is 22.4 Å². The number of ether oxygens (including phenoxy) is 2. The monoisotopic (exact) mass is 588 g/mol. The van der Waals surface area contributed by atoms with Gasteiger partial charge in [0.1, 0.15) is 39.6 Å². The maximum Gasteiger partial charge on any atom is 0.415 e. The van der Waals surface area contributed by atoms with Crippen molar-refractivity contribution in [2.24, 2.45) is 0 Å². The molecule has 12 heteroatoms. The summed E-state index contributed by atoms with van der Waals surface area (Å²) in [5, 5.41) is 4.92. The van der Waals surface area contributed by atoms with Crippen LogP contribution in [0.15, 0.2) is 45.1 Å². The van der Waals surface area contributed by atoms with Gasteiger partial charge in [-0.1, -0.05) is 17.7 Å². The minimum absolute atomic E-state index is 0.152. The summed E-state index contributed by atoms with van der Waals surface area (Å²) in [5.41, 5.74) is 0.759. The Morgan fingerprint density at radius 3 is 2.50 bits per heavy atom. The fourth-order valence-corrected chi connectivity index (χ4v) is 4.85. The molecular formula is C28H33ClN4O6S. The number of thiophene rings is 1. The topological polar surface area (TPSA) is 120 Å². The van der Waals surface area contributed by atoms with Gasteiger partial charge in [-0.15, -0.1) is 11.3 Å². The Balaban J connectivity index is 1.81. The second-order valence-corrected chi connectivity index (χ2v) is 12.7. The van der Waals surface area contributed by atoms with Crippen LogP contribution >= 0.6 is 22.9 Å². The predicted octanol–water partition coefficient (Wildman–Crippen LogP) is 7.60. The van der Waals surface area contributed by atoms with E-state index in [4.69, 9.17) is 29.9 Å². The van der Waals surface area contributed by atoms with Crippen molar-refractivity contribution in [3.63, 3.8) is 0 Å². The van der Waals surface area contributed by atoms with Crippen LogP contribution in [-0.4, -0.2) is 39.4 Å². The lowest BCUT2D eigenvalue weighted by Crippen LogP contribution is -2.38. The molecule has 0 aliphatic heterocycles. The minimum Gasteiger partial charge on any atom is -0.456 e. The lowest BCUT2D eigenvalue weighted by Gasteiger charge is -2.27. The van der Waals surface area contributed by atoms with Gasteiger partial charge in [0.05, 0.1) is 17.8 Å². The zero-order valence-corrected chi connectivity index (χ0v) is 25.1. The highest BCUT2D eigenvalue weighted by atomic mass is 35.5. The molecule has 0 aromatic carbocycles. The minimum atomic E-state index is -0.732. The molecule has 0 saturated carbocycles. The number of nitrogens with zero attached hydrogens (tertiary/aromatic N) is 3. The molecule has 0 bridgehead atoms. The van der Waals surface area contributed by atoms with Gasteiger partial charge in [0, 0.05) is 23.4 Å². The quantitative estimate of drug-likeness (QED) is 0.219. The molecule has 10 nitrogen and oxygen atoms in total. The molecule has 40 heavy (non-hydrogen) atoms. The molecule has 0 aliphatic carbocycles. The maximum absolute atomic E-state index is 13.5. The highest BCUT2D eigenvalue weighted by molar-refractivity contribution is 7.09. The van der Waals surface area contributed by atoms with Gasteiger partial charge in [0.25, 0.3) is 0 Å². The first-order chi connectivity index (χ1) is 18.7. The van der Waals surface area contributed by atoms with Crippen molar-refractivity contribution in [2.75, 3.05) is 4.90 Å². The standard InChI is InChI=1S/C28H33ClN4O6S/c1-16(31-25(34)38-27(2,3)4)11-20-22(18-14-36-15-30-18)23-24(37-20)19(12-21(29)32-23)33(13-17-9-8-10-40-17)26(35)39-28(5,6)7/h8-10,12,14-16H,11,13H2,1-7H3,(H,31,34). The smallest absolute Gasteiger partial charge is 0.415 e.